The summed E-state index contributed by atoms with van der Waals surface area (Å²) in [6.07, 6.45) is 3.23. The second-order valence-corrected chi connectivity index (χ2v) is 9.66. The van der Waals surface area contributed by atoms with E-state index in [-0.39, 0.29) is 17.4 Å². The summed E-state index contributed by atoms with van der Waals surface area (Å²) in [6, 6.07) is 27.1. The van der Waals surface area contributed by atoms with Gasteiger partial charge in [-0.05, 0) is 47.4 Å². The molecule has 1 amide bonds. The van der Waals surface area contributed by atoms with Gasteiger partial charge in [-0.2, -0.15) is 0 Å². The highest BCUT2D eigenvalue weighted by Gasteiger charge is 2.45. The van der Waals surface area contributed by atoms with Crippen molar-refractivity contribution in [2.75, 3.05) is 6.54 Å². The van der Waals surface area contributed by atoms with E-state index < -0.39 is 11.7 Å². The summed E-state index contributed by atoms with van der Waals surface area (Å²) >= 11 is 0. The first-order chi connectivity index (χ1) is 16.9. The highest BCUT2D eigenvalue weighted by atomic mass is 16.5. The van der Waals surface area contributed by atoms with Crippen molar-refractivity contribution in [2.45, 2.75) is 44.8 Å². The Morgan fingerprint density at radius 2 is 1.71 bits per heavy atom. The molecule has 0 aromatic heterocycles. The molecule has 180 valence electrons. The van der Waals surface area contributed by atoms with E-state index >= 15 is 0 Å². The number of piperidine rings is 1. The van der Waals surface area contributed by atoms with Crippen LogP contribution in [0.2, 0.25) is 0 Å². The van der Waals surface area contributed by atoms with Gasteiger partial charge < -0.3 is 9.64 Å². The van der Waals surface area contributed by atoms with Crippen LogP contribution in [0.15, 0.2) is 97.6 Å². The molecule has 0 bridgehead atoms. The molecule has 0 N–H and O–H groups in total. The van der Waals surface area contributed by atoms with Crippen LogP contribution < -0.4 is 4.74 Å². The summed E-state index contributed by atoms with van der Waals surface area (Å²) in [5.74, 6) is 0.0990. The second-order valence-electron chi connectivity index (χ2n) is 9.66. The minimum Gasteiger partial charge on any atom is -0.489 e. The number of ether oxygens (including phenoxy) is 1. The molecule has 1 fully saturated rings. The monoisotopic (exact) mass is 467 g/mol. The lowest BCUT2D eigenvalue weighted by Crippen LogP contribution is -2.56. The molecule has 0 spiro atoms. The predicted octanol–water partition coefficient (Wildman–Crippen LogP) is 6.22. The first-order valence-corrected chi connectivity index (χ1v) is 12.2. The molecule has 3 aromatic rings. The van der Waals surface area contributed by atoms with Crippen LogP contribution >= 0.6 is 0 Å². The van der Waals surface area contributed by atoms with E-state index in [0.717, 1.165) is 17.7 Å². The summed E-state index contributed by atoms with van der Waals surface area (Å²) in [5, 5.41) is 0. The quantitative estimate of drug-likeness (QED) is 0.224. The fraction of sp³-hybridized carbons (Fsp3) is 0.290. The SMILES string of the molecule is C=CCC1C[C@@](C)(c2cccc(OCc3ccccc3)c2)C(C)CN1C(=O)C(=O)c1ccccc1. The lowest BCUT2D eigenvalue weighted by Gasteiger charge is -2.49. The van der Waals surface area contributed by atoms with Crippen molar-refractivity contribution >= 4 is 11.7 Å². The van der Waals surface area contributed by atoms with Gasteiger partial charge in [0.25, 0.3) is 5.91 Å². The smallest absolute Gasteiger partial charge is 0.295 e. The van der Waals surface area contributed by atoms with Gasteiger partial charge in [0.1, 0.15) is 12.4 Å². The lowest BCUT2D eigenvalue weighted by molar-refractivity contribution is -0.132. The highest BCUT2D eigenvalue weighted by Crippen LogP contribution is 2.43. The minimum atomic E-state index is -0.452. The van der Waals surface area contributed by atoms with E-state index in [0.29, 0.717) is 25.1 Å². The summed E-state index contributed by atoms with van der Waals surface area (Å²) in [4.78, 5) is 28.0. The second kappa shape index (κ2) is 10.7. The zero-order chi connectivity index (χ0) is 24.8. The molecule has 1 aliphatic heterocycles. The van der Waals surface area contributed by atoms with E-state index in [1.165, 1.54) is 5.56 Å². The van der Waals surface area contributed by atoms with Crippen LogP contribution in [0.3, 0.4) is 0 Å². The summed E-state index contributed by atoms with van der Waals surface area (Å²) in [5.41, 5.74) is 2.57. The number of benzene rings is 3. The van der Waals surface area contributed by atoms with Gasteiger partial charge in [-0.1, -0.05) is 92.7 Å². The average molecular weight is 468 g/mol. The normalized spacial score (nSPS) is 21.8. The van der Waals surface area contributed by atoms with Crippen LogP contribution in [0, 0.1) is 5.92 Å². The zero-order valence-electron chi connectivity index (χ0n) is 20.5. The Morgan fingerprint density at radius 3 is 2.40 bits per heavy atom. The first kappa shape index (κ1) is 24.5. The standard InChI is InChI=1S/C31H33NO3/c1-4-12-27-20-31(3,23(2)21-32(27)30(34)29(33)25-15-9-6-10-16-25)26-17-11-18-28(19-26)35-22-24-13-7-5-8-14-24/h4-11,13-19,23,27H,1,12,20-22H2,2-3H3/t23?,27?,31-/m1/s1. The molecular formula is C31H33NO3. The zero-order valence-corrected chi connectivity index (χ0v) is 20.5. The highest BCUT2D eigenvalue weighted by molar-refractivity contribution is 6.42. The molecule has 1 saturated heterocycles. The third-order valence-electron chi connectivity index (χ3n) is 7.33. The molecule has 4 nitrogen and oxygen atoms in total. The summed E-state index contributed by atoms with van der Waals surface area (Å²) < 4.78 is 6.09. The maximum atomic E-state index is 13.3. The van der Waals surface area contributed by atoms with Gasteiger partial charge in [0, 0.05) is 18.2 Å². The number of hydrogen-bond acceptors (Lipinski definition) is 3. The van der Waals surface area contributed by atoms with Gasteiger partial charge in [-0.3, -0.25) is 9.59 Å². The van der Waals surface area contributed by atoms with Gasteiger partial charge in [0.2, 0.25) is 5.78 Å². The Hall–Kier alpha value is -3.66. The van der Waals surface area contributed by atoms with Gasteiger partial charge >= 0.3 is 0 Å². The minimum absolute atomic E-state index is 0.0947. The molecule has 4 rings (SSSR count). The fourth-order valence-electron chi connectivity index (χ4n) is 5.03. The van der Waals surface area contributed by atoms with Crippen LogP contribution in [-0.4, -0.2) is 29.2 Å². The van der Waals surface area contributed by atoms with Gasteiger partial charge in [-0.25, -0.2) is 0 Å². The van der Waals surface area contributed by atoms with Crippen molar-refractivity contribution in [3.8, 4) is 5.75 Å². The van der Waals surface area contributed by atoms with Crippen molar-refractivity contribution in [1.82, 2.24) is 4.90 Å². The van der Waals surface area contributed by atoms with Crippen LogP contribution in [0.4, 0.5) is 0 Å². The van der Waals surface area contributed by atoms with Gasteiger partial charge in [0.15, 0.2) is 0 Å². The van der Waals surface area contributed by atoms with Crippen molar-refractivity contribution < 1.29 is 14.3 Å². The molecule has 0 saturated carbocycles. The molecule has 3 aromatic carbocycles. The van der Waals surface area contributed by atoms with Crippen LogP contribution in [0.5, 0.6) is 5.75 Å². The van der Waals surface area contributed by atoms with Crippen LogP contribution in [-0.2, 0) is 16.8 Å². The Morgan fingerprint density at radius 1 is 1.03 bits per heavy atom. The fourth-order valence-corrected chi connectivity index (χ4v) is 5.03. The molecule has 1 heterocycles. The third-order valence-corrected chi connectivity index (χ3v) is 7.33. The number of carbonyl (C=O) groups excluding carboxylic acids is 2. The van der Waals surface area contributed by atoms with Crippen molar-refractivity contribution in [2.24, 2.45) is 5.92 Å². The molecule has 2 unspecified atom stereocenters. The maximum absolute atomic E-state index is 13.3. The van der Waals surface area contributed by atoms with Gasteiger partial charge in [0.05, 0.1) is 0 Å². The van der Waals surface area contributed by atoms with Crippen molar-refractivity contribution in [3.05, 3.63) is 114 Å². The number of nitrogens with zero attached hydrogens (tertiary/aromatic N) is 1. The number of amides is 1. The topological polar surface area (TPSA) is 46.6 Å². The number of ketones is 1. The van der Waals surface area contributed by atoms with E-state index in [2.05, 4.69) is 44.7 Å². The number of Topliss-reactive ketones (excluding diaryl/α,β-unsaturated/α-hetero) is 1. The number of carbonyl (C=O) groups is 2. The summed E-state index contributed by atoms with van der Waals surface area (Å²) in [6.45, 7) is 9.36. The van der Waals surface area contributed by atoms with Crippen LogP contribution in [0.25, 0.3) is 0 Å². The molecule has 0 aliphatic carbocycles. The number of rotatable bonds is 8. The lowest BCUT2D eigenvalue weighted by atomic mass is 9.65. The number of hydrogen-bond donors (Lipinski definition) is 0. The molecule has 4 heteroatoms. The Labute approximate surface area is 208 Å². The first-order valence-electron chi connectivity index (χ1n) is 12.2. The van der Waals surface area contributed by atoms with E-state index in [4.69, 9.17) is 4.74 Å². The maximum Gasteiger partial charge on any atom is 0.295 e. The molecule has 3 atom stereocenters. The molecule has 0 radical (unpaired) electrons. The van der Waals surface area contributed by atoms with E-state index in [9.17, 15) is 9.59 Å². The Balaban J connectivity index is 1.54. The largest absolute Gasteiger partial charge is 0.489 e. The van der Waals surface area contributed by atoms with E-state index in [1.54, 1.807) is 29.2 Å². The summed E-state index contributed by atoms with van der Waals surface area (Å²) in [7, 11) is 0. The molecule has 35 heavy (non-hydrogen) atoms. The van der Waals surface area contributed by atoms with Crippen molar-refractivity contribution in [1.29, 1.82) is 0 Å². The van der Waals surface area contributed by atoms with Crippen LogP contribution in [0.1, 0.15) is 48.2 Å². The van der Waals surface area contributed by atoms with E-state index in [1.807, 2.05) is 42.5 Å². The molecule has 1 aliphatic rings. The van der Waals surface area contributed by atoms with Crippen molar-refractivity contribution in [3.63, 3.8) is 0 Å². The Kier molecular flexibility index (Phi) is 7.50. The number of likely N-dealkylation sites (tertiary alicyclic amines) is 1. The van der Waals surface area contributed by atoms with Gasteiger partial charge in [-0.15, -0.1) is 6.58 Å². The third kappa shape index (κ3) is 5.37. The molecular weight excluding hydrogens is 434 g/mol. The average Bonchev–Trinajstić information content (AvgIpc) is 2.90. The Bertz CT molecular complexity index is 1170. The predicted molar refractivity (Wildman–Crippen MR) is 139 cm³/mol.